The Kier molecular flexibility index (Phi) is 7.70. The second-order valence-corrected chi connectivity index (χ2v) is 7.04. The lowest BCUT2D eigenvalue weighted by Crippen LogP contribution is -2.28. The first-order valence-electron chi connectivity index (χ1n) is 10.3. The fourth-order valence-electron chi connectivity index (χ4n) is 3.19. The highest BCUT2D eigenvalue weighted by molar-refractivity contribution is 5.94. The van der Waals surface area contributed by atoms with E-state index in [0.29, 0.717) is 4.68 Å². The average molecular weight is 489 g/mol. The molecule has 0 saturated heterocycles. The molecule has 0 aliphatic carbocycles. The lowest BCUT2D eigenvalue weighted by atomic mass is 10.1. The molecule has 12 heteroatoms. The predicted octanol–water partition coefficient (Wildman–Crippen LogP) is 3.92. The fourth-order valence-corrected chi connectivity index (χ4v) is 3.19. The minimum Gasteiger partial charge on any atom is -0.462 e. The second-order valence-electron chi connectivity index (χ2n) is 7.04. The number of amides is 1. The Bertz CT molecular complexity index is 1260. The van der Waals surface area contributed by atoms with Gasteiger partial charge in [-0.15, -0.1) is 0 Å². The molecular formula is C23H19F4N5O3. The number of hydrogen-bond donors (Lipinski definition) is 2. The third kappa shape index (κ3) is 5.75. The summed E-state index contributed by atoms with van der Waals surface area (Å²) >= 11 is 0. The number of benzene rings is 2. The van der Waals surface area contributed by atoms with Crippen LogP contribution in [0.15, 0.2) is 48.7 Å². The van der Waals surface area contributed by atoms with E-state index in [2.05, 4.69) is 20.5 Å². The maximum Gasteiger partial charge on any atom is 0.434 e. The van der Waals surface area contributed by atoms with Gasteiger partial charge in [0.2, 0.25) is 0 Å². The number of aromatic nitrogens is 2. The van der Waals surface area contributed by atoms with Gasteiger partial charge in [0, 0.05) is 18.7 Å². The molecule has 182 valence electrons. The second kappa shape index (κ2) is 10.7. The number of hydrogen-bond acceptors (Lipinski definition) is 6. The molecule has 0 aliphatic heterocycles. The Morgan fingerprint density at radius 2 is 1.86 bits per heavy atom. The van der Waals surface area contributed by atoms with Crippen LogP contribution in [-0.4, -0.2) is 41.4 Å². The van der Waals surface area contributed by atoms with E-state index < -0.39 is 35.1 Å². The van der Waals surface area contributed by atoms with Crippen LogP contribution in [0, 0.1) is 17.1 Å². The molecule has 35 heavy (non-hydrogen) atoms. The van der Waals surface area contributed by atoms with Crippen molar-refractivity contribution in [3.63, 3.8) is 0 Å². The van der Waals surface area contributed by atoms with Crippen molar-refractivity contribution in [1.29, 1.82) is 5.26 Å². The SMILES string of the molecule is CCOC(=O)c1cnn(-c2ccc(C(=O)NCCNc3cccc(F)c3C#N)cc2)c1C(F)(F)F. The molecule has 3 aromatic rings. The van der Waals surface area contributed by atoms with Crippen LogP contribution in [0.5, 0.6) is 0 Å². The van der Waals surface area contributed by atoms with E-state index in [-0.39, 0.29) is 42.2 Å². The van der Waals surface area contributed by atoms with Gasteiger partial charge >= 0.3 is 12.1 Å². The summed E-state index contributed by atoms with van der Waals surface area (Å²) in [5.41, 5.74) is -1.70. The molecule has 0 spiro atoms. The quantitative estimate of drug-likeness (QED) is 0.282. The lowest BCUT2D eigenvalue weighted by molar-refractivity contribution is -0.143. The van der Waals surface area contributed by atoms with Crippen LogP contribution in [0.1, 0.15) is 38.9 Å². The maximum absolute atomic E-state index is 13.6. The normalized spacial score (nSPS) is 11.0. The minimum atomic E-state index is -4.88. The molecule has 0 aliphatic rings. The number of carbonyl (C=O) groups is 2. The minimum absolute atomic E-state index is 0.0128. The van der Waals surface area contributed by atoms with Crippen LogP contribution >= 0.6 is 0 Å². The summed E-state index contributed by atoms with van der Waals surface area (Å²) in [6, 6.07) is 11.0. The molecule has 2 N–H and O–H groups in total. The van der Waals surface area contributed by atoms with Crippen molar-refractivity contribution in [3.05, 3.63) is 76.9 Å². The standard InChI is InChI=1S/C23H19F4N5O3/c1-2-35-22(34)17-13-31-32(20(17)23(25,26)27)15-8-6-14(7-9-15)21(33)30-11-10-29-19-5-3-4-18(24)16(19)12-28/h3-9,13,29H,2,10-11H2,1H3,(H,30,33). The van der Waals surface area contributed by atoms with Crippen LogP contribution in [-0.2, 0) is 10.9 Å². The smallest absolute Gasteiger partial charge is 0.434 e. The van der Waals surface area contributed by atoms with Gasteiger partial charge < -0.3 is 15.4 Å². The van der Waals surface area contributed by atoms with Gasteiger partial charge in [0.15, 0.2) is 5.69 Å². The number of halogens is 4. The molecule has 2 aromatic carbocycles. The van der Waals surface area contributed by atoms with Crippen LogP contribution < -0.4 is 10.6 Å². The van der Waals surface area contributed by atoms with Crippen molar-refractivity contribution < 1.29 is 31.9 Å². The summed E-state index contributed by atoms with van der Waals surface area (Å²) in [7, 11) is 0. The van der Waals surface area contributed by atoms with E-state index in [1.165, 1.54) is 43.3 Å². The predicted molar refractivity (Wildman–Crippen MR) is 116 cm³/mol. The highest BCUT2D eigenvalue weighted by Crippen LogP contribution is 2.34. The molecule has 0 fully saturated rings. The molecule has 8 nitrogen and oxygen atoms in total. The number of esters is 1. The molecule has 1 heterocycles. The van der Waals surface area contributed by atoms with Gasteiger partial charge in [0.05, 0.1) is 24.2 Å². The molecule has 0 saturated carbocycles. The van der Waals surface area contributed by atoms with Crippen molar-refractivity contribution in [1.82, 2.24) is 15.1 Å². The Morgan fingerprint density at radius 1 is 1.14 bits per heavy atom. The van der Waals surface area contributed by atoms with Gasteiger partial charge in [-0.05, 0) is 43.3 Å². The van der Waals surface area contributed by atoms with Crippen molar-refractivity contribution in [2.75, 3.05) is 25.0 Å². The van der Waals surface area contributed by atoms with Crippen LogP contribution in [0.25, 0.3) is 5.69 Å². The highest BCUT2D eigenvalue weighted by atomic mass is 19.4. The molecule has 1 amide bonds. The Hall–Kier alpha value is -4.40. The van der Waals surface area contributed by atoms with Crippen molar-refractivity contribution >= 4 is 17.6 Å². The van der Waals surface area contributed by atoms with Gasteiger partial charge in [-0.1, -0.05) is 6.07 Å². The highest BCUT2D eigenvalue weighted by Gasteiger charge is 2.41. The zero-order valence-electron chi connectivity index (χ0n) is 18.3. The number of carbonyl (C=O) groups excluding carboxylic acids is 2. The molecule has 0 radical (unpaired) electrons. The number of anilines is 1. The summed E-state index contributed by atoms with van der Waals surface area (Å²) < 4.78 is 59.7. The van der Waals surface area contributed by atoms with E-state index in [1.54, 1.807) is 6.07 Å². The average Bonchev–Trinajstić information content (AvgIpc) is 3.28. The van der Waals surface area contributed by atoms with E-state index in [9.17, 15) is 27.2 Å². The van der Waals surface area contributed by atoms with Crippen LogP contribution in [0.2, 0.25) is 0 Å². The van der Waals surface area contributed by atoms with Crippen molar-refractivity contribution in [3.8, 4) is 11.8 Å². The van der Waals surface area contributed by atoms with Gasteiger partial charge in [0.1, 0.15) is 23.0 Å². The van der Waals surface area contributed by atoms with E-state index >= 15 is 0 Å². The maximum atomic E-state index is 13.6. The third-order valence-corrected chi connectivity index (χ3v) is 4.76. The number of nitrogens with one attached hydrogen (secondary N) is 2. The molecule has 0 atom stereocenters. The molecule has 0 bridgehead atoms. The third-order valence-electron chi connectivity index (χ3n) is 4.76. The summed E-state index contributed by atoms with van der Waals surface area (Å²) in [6.45, 7) is 1.70. The zero-order valence-corrected chi connectivity index (χ0v) is 18.3. The Morgan fingerprint density at radius 3 is 2.49 bits per heavy atom. The first kappa shape index (κ1) is 25.2. The summed E-state index contributed by atoms with van der Waals surface area (Å²) in [5.74, 6) is -2.31. The van der Waals surface area contributed by atoms with Gasteiger partial charge in [-0.3, -0.25) is 4.79 Å². The van der Waals surface area contributed by atoms with Crippen LogP contribution in [0.4, 0.5) is 23.2 Å². The van der Waals surface area contributed by atoms with Crippen molar-refractivity contribution in [2.45, 2.75) is 13.1 Å². The van der Waals surface area contributed by atoms with E-state index in [1.807, 2.05) is 0 Å². The van der Waals surface area contributed by atoms with Gasteiger partial charge in [-0.2, -0.15) is 23.5 Å². The first-order chi connectivity index (χ1) is 16.7. The number of nitriles is 1. The molecular weight excluding hydrogens is 470 g/mol. The largest absolute Gasteiger partial charge is 0.462 e. The van der Waals surface area contributed by atoms with Crippen molar-refractivity contribution in [2.24, 2.45) is 0 Å². The number of nitrogens with zero attached hydrogens (tertiary/aromatic N) is 3. The number of rotatable bonds is 8. The van der Waals surface area contributed by atoms with Gasteiger partial charge in [-0.25, -0.2) is 13.9 Å². The summed E-state index contributed by atoms with van der Waals surface area (Å²) in [4.78, 5) is 24.3. The van der Waals surface area contributed by atoms with Gasteiger partial charge in [0.25, 0.3) is 5.91 Å². The zero-order chi connectivity index (χ0) is 25.6. The first-order valence-corrected chi connectivity index (χ1v) is 10.3. The molecule has 0 unspecified atom stereocenters. The summed E-state index contributed by atoms with van der Waals surface area (Å²) in [5, 5.41) is 18.2. The van der Waals surface area contributed by atoms with E-state index in [4.69, 9.17) is 5.26 Å². The lowest BCUT2D eigenvalue weighted by Gasteiger charge is -2.13. The van der Waals surface area contributed by atoms with Crippen LogP contribution in [0.3, 0.4) is 0 Å². The molecule has 3 rings (SSSR count). The monoisotopic (exact) mass is 489 g/mol. The number of ether oxygens (including phenoxy) is 1. The topological polar surface area (TPSA) is 109 Å². The Labute approximate surface area is 197 Å². The Balaban J connectivity index is 1.67. The fraction of sp³-hybridized carbons (Fsp3) is 0.217. The number of alkyl halides is 3. The summed E-state index contributed by atoms with van der Waals surface area (Å²) in [6.07, 6.45) is -4.10. The van der Waals surface area contributed by atoms with E-state index in [0.717, 1.165) is 12.3 Å². The molecule has 1 aromatic heterocycles.